The van der Waals surface area contributed by atoms with E-state index in [2.05, 4.69) is 45.0 Å². The van der Waals surface area contributed by atoms with Gasteiger partial charge in [-0.05, 0) is 48.1 Å². The van der Waals surface area contributed by atoms with Crippen molar-refractivity contribution in [3.63, 3.8) is 0 Å². The van der Waals surface area contributed by atoms with Crippen LogP contribution in [0.25, 0.3) is 0 Å². The first-order chi connectivity index (χ1) is 8.87. The molecule has 1 aliphatic rings. The van der Waals surface area contributed by atoms with E-state index in [9.17, 15) is 5.11 Å². The first-order valence-corrected chi connectivity index (χ1v) is 7.38. The first kappa shape index (κ1) is 14.5. The van der Waals surface area contributed by atoms with Gasteiger partial charge >= 0.3 is 0 Å². The molecule has 2 nitrogen and oxygen atoms in total. The first-order valence-electron chi connectivity index (χ1n) is 7.38. The van der Waals surface area contributed by atoms with E-state index in [1.165, 1.54) is 24.0 Å². The second kappa shape index (κ2) is 5.26. The molecule has 1 aromatic carbocycles. The van der Waals surface area contributed by atoms with Gasteiger partial charge in [0, 0.05) is 6.54 Å². The minimum atomic E-state index is -0.790. The lowest BCUT2D eigenvalue weighted by Crippen LogP contribution is -2.50. The van der Waals surface area contributed by atoms with Crippen LogP contribution in [0, 0.1) is 5.41 Å². The smallest absolute Gasteiger partial charge is 0.0823 e. The van der Waals surface area contributed by atoms with Crippen LogP contribution in [0.1, 0.15) is 57.1 Å². The molecule has 0 heterocycles. The average Bonchev–Trinajstić information content (AvgIpc) is 2.38. The molecule has 0 amide bonds. The van der Waals surface area contributed by atoms with Crippen molar-refractivity contribution in [1.29, 1.82) is 0 Å². The van der Waals surface area contributed by atoms with Gasteiger partial charge in [-0.15, -0.1) is 0 Å². The number of rotatable bonds is 3. The summed E-state index contributed by atoms with van der Waals surface area (Å²) in [5.74, 6) is 0.442. The van der Waals surface area contributed by atoms with Gasteiger partial charge in [0.25, 0.3) is 0 Å². The van der Waals surface area contributed by atoms with Crippen LogP contribution in [-0.2, 0) is 6.42 Å². The molecule has 19 heavy (non-hydrogen) atoms. The molecule has 0 spiro atoms. The van der Waals surface area contributed by atoms with Crippen molar-refractivity contribution in [2.45, 2.75) is 58.0 Å². The largest absolute Gasteiger partial charge is 0.388 e. The Morgan fingerprint density at radius 3 is 2.58 bits per heavy atom. The van der Waals surface area contributed by atoms with Crippen LogP contribution in [0.5, 0.6) is 0 Å². The van der Waals surface area contributed by atoms with Crippen molar-refractivity contribution in [3.05, 3.63) is 35.4 Å². The number of benzene rings is 1. The summed E-state index contributed by atoms with van der Waals surface area (Å²) in [5.41, 5.74) is 7.78. The van der Waals surface area contributed by atoms with Gasteiger partial charge in [-0.3, -0.25) is 0 Å². The van der Waals surface area contributed by atoms with Gasteiger partial charge < -0.3 is 10.8 Å². The molecule has 0 bridgehead atoms. The molecule has 0 radical (unpaired) electrons. The second-order valence-corrected chi connectivity index (χ2v) is 6.98. The maximum absolute atomic E-state index is 10.9. The van der Waals surface area contributed by atoms with E-state index in [4.69, 9.17) is 5.73 Å². The molecule has 0 saturated carbocycles. The Bertz CT molecular complexity index is 435. The van der Waals surface area contributed by atoms with Crippen LogP contribution < -0.4 is 5.73 Å². The summed E-state index contributed by atoms with van der Waals surface area (Å²) in [7, 11) is 0. The highest BCUT2D eigenvalue weighted by Gasteiger charge is 2.41. The Balaban J connectivity index is 2.25. The number of nitrogens with two attached hydrogens (primary N) is 1. The van der Waals surface area contributed by atoms with Crippen LogP contribution in [0.3, 0.4) is 0 Å². The fourth-order valence-electron chi connectivity index (χ4n) is 3.17. The minimum Gasteiger partial charge on any atom is -0.388 e. The Kier molecular flexibility index (Phi) is 4.03. The topological polar surface area (TPSA) is 46.2 Å². The number of fused-ring (bicyclic) bond motifs is 1. The Morgan fingerprint density at radius 1 is 1.26 bits per heavy atom. The monoisotopic (exact) mass is 261 g/mol. The molecule has 2 unspecified atom stereocenters. The summed E-state index contributed by atoms with van der Waals surface area (Å²) >= 11 is 0. The van der Waals surface area contributed by atoms with E-state index < -0.39 is 5.60 Å². The van der Waals surface area contributed by atoms with Crippen molar-refractivity contribution in [3.8, 4) is 0 Å². The van der Waals surface area contributed by atoms with E-state index in [-0.39, 0.29) is 5.41 Å². The van der Waals surface area contributed by atoms with Gasteiger partial charge in [-0.25, -0.2) is 0 Å². The molecule has 1 aliphatic carbocycles. The highest BCUT2D eigenvalue weighted by Crippen LogP contribution is 2.42. The number of hydrogen-bond acceptors (Lipinski definition) is 2. The SMILES string of the molecule is CC(C)(C)C(O)(CN)CC1CCCc2ccccc21. The maximum atomic E-state index is 10.9. The average molecular weight is 261 g/mol. The van der Waals surface area contributed by atoms with Crippen LogP contribution >= 0.6 is 0 Å². The summed E-state index contributed by atoms with van der Waals surface area (Å²) in [6.07, 6.45) is 4.31. The third-order valence-corrected chi connectivity index (χ3v) is 4.81. The lowest BCUT2D eigenvalue weighted by atomic mass is 9.68. The quantitative estimate of drug-likeness (QED) is 0.877. The van der Waals surface area contributed by atoms with E-state index in [0.717, 1.165) is 12.8 Å². The summed E-state index contributed by atoms with van der Waals surface area (Å²) in [5, 5.41) is 10.9. The Labute approximate surface area is 117 Å². The molecule has 1 aromatic rings. The zero-order valence-corrected chi connectivity index (χ0v) is 12.4. The zero-order chi connectivity index (χ0) is 14.1. The van der Waals surface area contributed by atoms with Crippen molar-refractivity contribution in [1.82, 2.24) is 0 Å². The van der Waals surface area contributed by atoms with Gasteiger partial charge in [0.1, 0.15) is 0 Å². The van der Waals surface area contributed by atoms with Gasteiger partial charge in [-0.2, -0.15) is 0 Å². The Hall–Kier alpha value is -0.860. The molecule has 0 aromatic heterocycles. The summed E-state index contributed by atoms with van der Waals surface area (Å²) in [6, 6.07) is 8.66. The molecule has 2 rings (SSSR count). The molecule has 0 fully saturated rings. The molecular weight excluding hydrogens is 234 g/mol. The molecular formula is C17H27NO. The molecule has 0 saturated heterocycles. The highest BCUT2D eigenvalue weighted by molar-refractivity contribution is 5.33. The fourth-order valence-corrected chi connectivity index (χ4v) is 3.17. The third-order valence-electron chi connectivity index (χ3n) is 4.81. The van der Waals surface area contributed by atoms with Crippen molar-refractivity contribution >= 4 is 0 Å². The number of aliphatic hydroxyl groups is 1. The normalized spacial score (nSPS) is 22.7. The van der Waals surface area contributed by atoms with Crippen LogP contribution in [-0.4, -0.2) is 17.3 Å². The van der Waals surface area contributed by atoms with Crippen molar-refractivity contribution in [2.24, 2.45) is 11.1 Å². The Morgan fingerprint density at radius 2 is 1.95 bits per heavy atom. The molecule has 2 heteroatoms. The van der Waals surface area contributed by atoms with Crippen molar-refractivity contribution in [2.75, 3.05) is 6.54 Å². The molecule has 2 atom stereocenters. The van der Waals surface area contributed by atoms with Gasteiger partial charge in [0.15, 0.2) is 0 Å². The lowest BCUT2D eigenvalue weighted by molar-refractivity contribution is -0.0622. The van der Waals surface area contributed by atoms with E-state index in [1.54, 1.807) is 0 Å². The third kappa shape index (κ3) is 2.85. The predicted octanol–water partition coefficient (Wildman–Crippen LogP) is 3.23. The predicted molar refractivity (Wildman–Crippen MR) is 80.2 cm³/mol. The summed E-state index contributed by atoms with van der Waals surface area (Å²) < 4.78 is 0. The zero-order valence-electron chi connectivity index (χ0n) is 12.4. The van der Waals surface area contributed by atoms with E-state index >= 15 is 0 Å². The van der Waals surface area contributed by atoms with E-state index in [0.29, 0.717) is 12.5 Å². The van der Waals surface area contributed by atoms with Crippen LogP contribution in [0.4, 0.5) is 0 Å². The van der Waals surface area contributed by atoms with E-state index in [1.807, 2.05) is 0 Å². The summed E-state index contributed by atoms with van der Waals surface area (Å²) in [6.45, 7) is 6.56. The number of aryl methyl sites for hydroxylation is 1. The fraction of sp³-hybridized carbons (Fsp3) is 0.647. The maximum Gasteiger partial charge on any atom is 0.0823 e. The van der Waals surface area contributed by atoms with Gasteiger partial charge in [0.2, 0.25) is 0 Å². The molecule has 0 aliphatic heterocycles. The standard InChI is InChI=1S/C17H27NO/c1-16(2,3)17(19,12-18)11-14-9-6-8-13-7-4-5-10-15(13)14/h4-5,7,10,14,19H,6,8-9,11-12,18H2,1-3H3. The second-order valence-electron chi connectivity index (χ2n) is 6.98. The summed E-state index contributed by atoms with van der Waals surface area (Å²) in [4.78, 5) is 0. The molecule has 106 valence electrons. The molecule has 3 N–H and O–H groups in total. The van der Waals surface area contributed by atoms with Gasteiger partial charge in [0.05, 0.1) is 5.60 Å². The van der Waals surface area contributed by atoms with Crippen LogP contribution in [0.2, 0.25) is 0 Å². The highest BCUT2D eigenvalue weighted by atomic mass is 16.3. The number of hydrogen-bond donors (Lipinski definition) is 2. The minimum absolute atomic E-state index is 0.186. The van der Waals surface area contributed by atoms with Crippen LogP contribution in [0.15, 0.2) is 24.3 Å². The van der Waals surface area contributed by atoms with Crippen molar-refractivity contribution < 1.29 is 5.11 Å². The van der Waals surface area contributed by atoms with Gasteiger partial charge in [-0.1, -0.05) is 45.0 Å². The lowest BCUT2D eigenvalue weighted by Gasteiger charge is -2.43.